The van der Waals surface area contributed by atoms with Gasteiger partial charge >= 0.3 is 0 Å². The topological polar surface area (TPSA) is 59.4 Å². The fraction of sp³-hybridized carbons (Fsp3) is 0.500. The zero-order valence-corrected chi connectivity index (χ0v) is 13.7. The number of carbonyl (C=O) groups is 1. The highest BCUT2D eigenvalue weighted by molar-refractivity contribution is 5.83. The van der Waals surface area contributed by atoms with Gasteiger partial charge in [-0.3, -0.25) is 14.4 Å². The molecule has 120 valence electrons. The molecule has 0 atom stereocenters. The number of fused-ring (bicyclic) bond motifs is 1. The van der Waals surface area contributed by atoms with Crippen molar-refractivity contribution in [2.45, 2.75) is 13.5 Å². The predicted octanol–water partition coefficient (Wildman–Crippen LogP) is 1.08. The average molecular weight is 304 g/mol. The molecule has 0 saturated carbocycles. The second kappa shape index (κ2) is 7.38. The molecule has 1 N–H and O–H groups in total. The molecule has 0 spiro atoms. The smallest absolute Gasteiger partial charge is 0.234 e. The number of nitrogens with one attached hydrogen (secondary N) is 1. The number of hydrogen-bond donors (Lipinski definition) is 1. The summed E-state index contributed by atoms with van der Waals surface area (Å²) in [5.41, 5.74) is 3.16. The Morgan fingerprint density at radius 2 is 2.23 bits per heavy atom. The third-order valence-electron chi connectivity index (χ3n) is 3.63. The molecule has 2 aromatic rings. The Kier molecular flexibility index (Phi) is 5.51. The lowest BCUT2D eigenvalue weighted by molar-refractivity contribution is -0.122. The van der Waals surface area contributed by atoms with Gasteiger partial charge in [0.25, 0.3) is 0 Å². The molecule has 1 aromatic heterocycles. The minimum Gasteiger partial charge on any atom is -0.383 e. The van der Waals surface area contributed by atoms with E-state index in [1.54, 1.807) is 7.11 Å². The van der Waals surface area contributed by atoms with Crippen LogP contribution in [0.5, 0.6) is 0 Å². The molecule has 0 fully saturated rings. The summed E-state index contributed by atoms with van der Waals surface area (Å²) >= 11 is 0. The molecular formula is C16H24N4O2. The first-order valence-electron chi connectivity index (χ1n) is 7.37. The maximum Gasteiger partial charge on any atom is 0.234 e. The molecule has 0 aliphatic rings. The number of ether oxygens (including phenoxy) is 1. The summed E-state index contributed by atoms with van der Waals surface area (Å²) in [7, 11) is 5.47. The predicted molar refractivity (Wildman–Crippen MR) is 86.7 cm³/mol. The molecule has 1 amide bonds. The zero-order valence-electron chi connectivity index (χ0n) is 13.7. The van der Waals surface area contributed by atoms with Gasteiger partial charge < -0.3 is 10.1 Å². The Hall–Kier alpha value is -1.92. The maximum absolute atomic E-state index is 12.0. The van der Waals surface area contributed by atoms with E-state index in [0.717, 1.165) is 23.1 Å². The van der Waals surface area contributed by atoms with Crippen molar-refractivity contribution in [2.75, 3.05) is 33.9 Å². The highest BCUT2D eigenvalue weighted by Gasteiger charge is 2.11. The number of nitrogens with zero attached hydrogens (tertiary/aromatic N) is 3. The zero-order chi connectivity index (χ0) is 16.1. The van der Waals surface area contributed by atoms with Crippen LogP contribution in [0.4, 0.5) is 0 Å². The lowest BCUT2D eigenvalue weighted by Gasteiger charge is -2.15. The van der Waals surface area contributed by atoms with E-state index in [1.165, 1.54) is 5.56 Å². The van der Waals surface area contributed by atoms with E-state index in [2.05, 4.69) is 35.5 Å². The molecule has 6 heteroatoms. The fourth-order valence-electron chi connectivity index (χ4n) is 2.39. The van der Waals surface area contributed by atoms with Crippen LogP contribution in [0.2, 0.25) is 0 Å². The van der Waals surface area contributed by atoms with Gasteiger partial charge in [-0.2, -0.15) is 5.10 Å². The van der Waals surface area contributed by atoms with Crippen LogP contribution in [0.15, 0.2) is 18.2 Å². The van der Waals surface area contributed by atoms with Gasteiger partial charge in [0.1, 0.15) is 0 Å². The Labute approximate surface area is 131 Å². The van der Waals surface area contributed by atoms with Gasteiger partial charge in [-0.1, -0.05) is 11.6 Å². The van der Waals surface area contributed by atoms with Crippen LogP contribution in [0, 0.1) is 6.92 Å². The van der Waals surface area contributed by atoms with E-state index >= 15 is 0 Å². The first kappa shape index (κ1) is 16.5. The van der Waals surface area contributed by atoms with Crippen LogP contribution in [-0.4, -0.2) is 54.4 Å². The van der Waals surface area contributed by atoms with E-state index in [0.29, 0.717) is 19.7 Å². The molecule has 0 saturated heterocycles. The van der Waals surface area contributed by atoms with Crippen molar-refractivity contribution >= 4 is 16.8 Å². The van der Waals surface area contributed by atoms with Crippen molar-refractivity contribution < 1.29 is 9.53 Å². The lowest BCUT2D eigenvalue weighted by atomic mass is 10.1. The van der Waals surface area contributed by atoms with E-state index in [1.807, 2.05) is 23.7 Å². The number of likely N-dealkylation sites (N-methyl/N-ethyl adjacent to an activating group) is 1. The second-order valence-corrected chi connectivity index (χ2v) is 5.60. The van der Waals surface area contributed by atoms with Crippen LogP contribution < -0.4 is 5.32 Å². The Morgan fingerprint density at radius 3 is 2.95 bits per heavy atom. The van der Waals surface area contributed by atoms with Gasteiger partial charge in [0.05, 0.1) is 30.9 Å². The normalized spacial score (nSPS) is 11.3. The highest BCUT2D eigenvalue weighted by atomic mass is 16.5. The Morgan fingerprint density at radius 1 is 1.45 bits per heavy atom. The number of aromatic nitrogens is 2. The minimum absolute atomic E-state index is 0.00920. The molecule has 22 heavy (non-hydrogen) atoms. The number of aryl methyl sites for hydroxylation is 2. The molecule has 0 aliphatic carbocycles. The summed E-state index contributed by atoms with van der Waals surface area (Å²) in [6, 6.07) is 6.23. The van der Waals surface area contributed by atoms with Crippen molar-refractivity contribution in [3.63, 3.8) is 0 Å². The van der Waals surface area contributed by atoms with Crippen LogP contribution in [0.1, 0.15) is 11.3 Å². The summed E-state index contributed by atoms with van der Waals surface area (Å²) in [6.45, 7) is 4.20. The van der Waals surface area contributed by atoms with E-state index < -0.39 is 0 Å². The quantitative estimate of drug-likeness (QED) is 0.831. The van der Waals surface area contributed by atoms with Crippen LogP contribution in [0.25, 0.3) is 10.9 Å². The van der Waals surface area contributed by atoms with Gasteiger partial charge in [0.15, 0.2) is 0 Å². The van der Waals surface area contributed by atoms with Crippen molar-refractivity contribution in [2.24, 2.45) is 7.05 Å². The number of rotatable bonds is 7. The second-order valence-electron chi connectivity index (χ2n) is 5.60. The van der Waals surface area contributed by atoms with Gasteiger partial charge in [-0.05, 0) is 26.1 Å². The fourth-order valence-corrected chi connectivity index (χ4v) is 2.39. The standard InChI is InChI=1S/C16H24N4O2/c1-12-5-6-15-13(9-12)14(18-20(15)3)10-17-16(21)11-19(2)7-8-22-4/h5-6,9H,7-8,10-11H2,1-4H3,(H,17,21). The monoisotopic (exact) mass is 304 g/mol. The Bertz CT molecular complexity index is 651. The number of amides is 1. The van der Waals surface area contributed by atoms with Crippen LogP contribution in [0.3, 0.4) is 0 Å². The molecular weight excluding hydrogens is 280 g/mol. The first-order valence-corrected chi connectivity index (χ1v) is 7.37. The molecule has 6 nitrogen and oxygen atoms in total. The molecule has 0 bridgehead atoms. The summed E-state index contributed by atoms with van der Waals surface area (Å²) in [5.74, 6) is -0.00920. The average Bonchev–Trinajstić information content (AvgIpc) is 2.78. The molecule has 1 aromatic carbocycles. The van der Waals surface area contributed by atoms with E-state index in [9.17, 15) is 4.79 Å². The van der Waals surface area contributed by atoms with Crippen LogP contribution in [-0.2, 0) is 23.1 Å². The molecule has 0 unspecified atom stereocenters. The van der Waals surface area contributed by atoms with Gasteiger partial charge in [-0.15, -0.1) is 0 Å². The third kappa shape index (κ3) is 4.05. The largest absolute Gasteiger partial charge is 0.383 e. The van der Waals surface area contributed by atoms with Crippen LogP contribution >= 0.6 is 0 Å². The molecule has 0 radical (unpaired) electrons. The van der Waals surface area contributed by atoms with Gasteiger partial charge in [0, 0.05) is 26.1 Å². The Balaban J connectivity index is 1.97. The van der Waals surface area contributed by atoms with Gasteiger partial charge in [0.2, 0.25) is 5.91 Å². The third-order valence-corrected chi connectivity index (χ3v) is 3.63. The molecule has 2 rings (SSSR count). The minimum atomic E-state index is -0.00920. The summed E-state index contributed by atoms with van der Waals surface area (Å²) in [5, 5.41) is 8.53. The number of hydrogen-bond acceptors (Lipinski definition) is 4. The highest BCUT2D eigenvalue weighted by Crippen LogP contribution is 2.19. The van der Waals surface area contributed by atoms with E-state index in [4.69, 9.17) is 4.74 Å². The summed E-state index contributed by atoms with van der Waals surface area (Å²) in [4.78, 5) is 13.9. The van der Waals surface area contributed by atoms with Crippen molar-refractivity contribution in [1.29, 1.82) is 0 Å². The van der Waals surface area contributed by atoms with Crippen molar-refractivity contribution in [3.05, 3.63) is 29.5 Å². The summed E-state index contributed by atoms with van der Waals surface area (Å²) in [6.07, 6.45) is 0. The first-order chi connectivity index (χ1) is 10.5. The number of methoxy groups -OCH3 is 1. The van der Waals surface area contributed by atoms with Crippen molar-refractivity contribution in [1.82, 2.24) is 20.0 Å². The lowest BCUT2D eigenvalue weighted by Crippen LogP contribution is -2.36. The SMILES string of the molecule is COCCN(C)CC(=O)NCc1nn(C)c2ccc(C)cc12. The maximum atomic E-state index is 12.0. The molecule has 0 aliphatic heterocycles. The van der Waals surface area contributed by atoms with Gasteiger partial charge in [-0.25, -0.2) is 0 Å². The molecule has 1 heterocycles. The van der Waals surface area contributed by atoms with Crippen molar-refractivity contribution in [3.8, 4) is 0 Å². The summed E-state index contributed by atoms with van der Waals surface area (Å²) < 4.78 is 6.85. The van der Waals surface area contributed by atoms with E-state index in [-0.39, 0.29) is 5.91 Å². The number of benzene rings is 1. The number of carbonyl (C=O) groups excluding carboxylic acids is 1.